The molecule has 1 fully saturated rings. The molecule has 3 aromatic rings. The molecule has 0 aliphatic carbocycles. The molecule has 0 bridgehead atoms. The lowest BCUT2D eigenvalue weighted by Gasteiger charge is -2.41. The number of hydrogen-bond donors (Lipinski definition) is 3. The number of carbonyl (C=O) groups is 3. The van der Waals surface area contributed by atoms with Gasteiger partial charge in [0, 0.05) is 24.1 Å². The quantitative estimate of drug-likeness (QED) is 0.288. The summed E-state index contributed by atoms with van der Waals surface area (Å²) in [5.74, 6) is -0.549. The molecule has 3 aromatic carbocycles. The van der Waals surface area contributed by atoms with Crippen molar-refractivity contribution in [3.63, 3.8) is 0 Å². The fraction of sp³-hybridized carbons (Fsp3) is 0.364. The number of aliphatic hydroxyl groups excluding tert-OH is 1. The van der Waals surface area contributed by atoms with Crippen LogP contribution >= 0.6 is 0 Å². The highest BCUT2D eigenvalue weighted by atomic mass is 16.7. The summed E-state index contributed by atoms with van der Waals surface area (Å²) >= 11 is 0. The third kappa shape index (κ3) is 8.19. The first-order valence-electron chi connectivity index (χ1n) is 14.0. The molecule has 0 spiro atoms. The second-order valence-electron chi connectivity index (χ2n) is 11.0. The molecule has 4 rings (SSSR count). The van der Waals surface area contributed by atoms with E-state index in [1.165, 1.54) is 7.11 Å². The van der Waals surface area contributed by atoms with Crippen LogP contribution in [0.2, 0.25) is 0 Å². The molecule has 0 radical (unpaired) electrons. The monoisotopic (exact) mass is 590 g/mol. The highest BCUT2D eigenvalue weighted by Gasteiger charge is 2.43. The van der Waals surface area contributed by atoms with Crippen LogP contribution in [0.3, 0.4) is 0 Å². The first kappa shape index (κ1) is 31.7. The van der Waals surface area contributed by atoms with Gasteiger partial charge in [0.05, 0.1) is 26.4 Å². The molecule has 2 unspecified atom stereocenters. The smallest absolute Gasteiger partial charge is 0.337 e. The van der Waals surface area contributed by atoms with Gasteiger partial charge < -0.3 is 34.7 Å². The van der Waals surface area contributed by atoms with Crippen molar-refractivity contribution in [1.29, 1.82) is 0 Å². The molecule has 2 amide bonds. The predicted molar refractivity (Wildman–Crippen MR) is 159 cm³/mol. The van der Waals surface area contributed by atoms with Crippen molar-refractivity contribution in [2.75, 3.05) is 27.4 Å². The summed E-state index contributed by atoms with van der Waals surface area (Å²) in [7, 11) is 2.93. The largest absolute Gasteiger partial charge is 0.497 e. The van der Waals surface area contributed by atoms with Crippen molar-refractivity contribution < 1.29 is 38.4 Å². The van der Waals surface area contributed by atoms with Crippen molar-refractivity contribution in [3.8, 4) is 16.9 Å². The lowest BCUT2D eigenvalue weighted by molar-refractivity contribution is -0.258. The van der Waals surface area contributed by atoms with Crippen molar-refractivity contribution in [2.24, 2.45) is 5.41 Å². The van der Waals surface area contributed by atoms with Crippen LogP contribution in [0.5, 0.6) is 5.75 Å². The molecule has 1 aliphatic heterocycles. The van der Waals surface area contributed by atoms with E-state index in [0.29, 0.717) is 17.9 Å². The molecule has 0 saturated carbocycles. The maximum atomic E-state index is 13.0. The van der Waals surface area contributed by atoms with Gasteiger partial charge in [-0.3, -0.25) is 9.59 Å². The summed E-state index contributed by atoms with van der Waals surface area (Å²) in [6.07, 6.45) is -2.73. The molecular weight excluding hydrogens is 552 g/mol. The number of ether oxygens (including phenoxy) is 4. The van der Waals surface area contributed by atoms with Gasteiger partial charge in [-0.25, -0.2) is 4.79 Å². The molecule has 3 atom stereocenters. The summed E-state index contributed by atoms with van der Waals surface area (Å²) < 4.78 is 21.8. The third-order valence-electron chi connectivity index (χ3n) is 7.28. The summed E-state index contributed by atoms with van der Waals surface area (Å²) in [5, 5.41) is 15.9. The first-order valence-corrected chi connectivity index (χ1v) is 14.0. The Kier molecular flexibility index (Phi) is 10.5. The summed E-state index contributed by atoms with van der Waals surface area (Å²) in [6.45, 7) is 4.42. The van der Waals surface area contributed by atoms with E-state index in [1.807, 2.05) is 62.4 Å². The third-order valence-corrected chi connectivity index (χ3v) is 7.28. The van der Waals surface area contributed by atoms with Gasteiger partial charge in [0.2, 0.25) is 11.8 Å². The maximum absolute atomic E-state index is 13.0. The van der Waals surface area contributed by atoms with E-state index in [9.17, 15) is 19.5 Å². The zero-order valence-electron chi connectivity index (χ0n) is 24.8. The normalized spacial score (nSPS) is 18.3. The Hall–Kier alpha value is -4.25. The highest BCUT2D eigenvalue weighted by molar-refractivity contribution is 5.90. The Morgan fingerprint density at radius 1 is 0.930 bits per heavy atom. The molecule has 1 aliphatic rings. The highest BCUT2D eigenvalue weighted by Crippen LogP contribution is 2.37. The van der Waals surface area contributed by atoms with E-state index in [4.69, 9.17) is 18.9 Å². The van der Waals surface area contributed by atoms with E-state index in [1.54, 1.807) is 31.4 Å². The van der Waals surface area contributed by atoms with Crippen molar-refractivity contribution >= 4 is 17.8 Å². The van der Waals surface area contributed by atoms with Gasteiger partial charge in [0.1, 0.15) is 18.0 Å². The average Bonchev–Trinajstić information content (AvgIpc) is 3.03. The molecule has 10 heteroatoms. The number of esters is 1. The van der Waals surface area contributed by atoms with Crippen molar-refractivity contribution in [3.05, 3.63) is 89.5 Å². The predicted octanol–water partition coefficient (Wildman–Crippen LogP) is 3.77. The van der Waals surface area contributed by atoms with Crippen LogP contribution in [-0.2, 0) is 30.3 Å². The lowest BCUT2D eigenvalue weighted by atomic mass is 9.85. The number of amides is 2. The van der Waals surface area contributed by atoms with E-state index in [2.05, 4.69) is 10.6 Å². The van der Waals surface area contributed by atoms with Crippen LogP contribution in [0.25, 0.3) is 11.1 Å². The average molecular weight is 591 g/mol. The minimum Gasteiger partial charge on any atom is -0.497 e. The Morgan fingerprint density at radius 2 is 1.56 bits per heavy atom. The topological polar surface area (TPSA) is 132 Å². The van der Waals surface area contributed by atoms with Crippen LogP contribution in [-0.4, -0.2) is 62.5 Å². The first-order chi connectivity index (χ1) is 20.6. The number of carbonyl (C=O) groups excluding carboxylic acids is 3. The Balaban J connectivity index is 1.22. The number of benzene rings is 3. The van der Waals surface area contributed by atoms with Gasteiger partial charge in [0.25, 0.3) is 0 Å². The number of hydrogen-bond acceptors (Lipinski definition) is 8. The van der Waals surface area contributed by atoms with E-state index >= 15 is 0 Å². The fourth-order valence-corrected chi connectivity index (χ4v) is 4.66. The van der Waals surface area contributed by atoms with Gasteiger partial charge in [-0.05, 0) is 47.4 Å². The van der Waals surface area contributed by atoms with Gasteiger partial charge in [0.15, 0.2) is 6.29 Å². The molecule has 228 valence electrons. The summed E-state index contributed by atoms with van der Waals surface area (Å²) in [6, 6.07) is 21.9. The van der Waals surface area contributed by atoms with Gasteiger partial charge in [-0.1, -0.05) is 62.4 Å². The molecule has 1 heterocycles. The van der Waals surface area contributed by atoms with E-state index in [0.717, 1.165) is 22.3 Å². The Bertz CT molecular complexity index is 1390. The SMILES string of the molecule is COC(=O)c1ccc(-c2ccc(CNC(=O)C(O)CCNC(=O)C3O[C@H](c4ccc(OC)cc4)OCC3(C)C)cc2)cc1. The minimum absolute atomic E-state index is 0.0453. The van der Waals surface area contributed by atoms with Crippen LogP contribution in [0.15, 0.2) is 72.8 Å². The van der Waals surface area contributed by atoms with Gasteiger partial charge in [-0.2, -0.15) is 0 Å². The maximum Gasteiger partial charge on any atom is 0.337 e. The fourth-order valence-electron chi connectivity index (χ4n) is 4.66. The van der Waals surface area contributed by atoms with Crippen molar-refractivity contribution in [2.45, 2.75) is 45.3 Å². The molecule has 10 nitrogen and oxygen atoms in total. The second kappa shape index (κ2) is 14.3. The Morgan fingerprint density at radius 3 is 2.16 bits per heavy atom. The Labute approximate surface area is 251 Å². The van der Waals surface area contributed by atoms with Gasteiger partial charge >= 0.3 is 5.97 Å². The molecule has 3 N–H and O–H groups in total. The van der Waals surface area contributed by atoms with Crippen LogP contribution < -0.4 is 15.4 Å². The van der Waals surface area contributed by atoms with Gasteiger partial charge in [-0.15, -0.1) is 0 Å². The molecule has 1 saturated heterocycles. The molecular formula is C33H38N2O8. The number of aliphatic hydroxyl groups is 1. The summed E-state index contributed by atoms with van der Waals surface area (Å²) in [4.78, 5) is 37.1. The lowest BCUT2D eigenvalue weighted by Crippen LogP contribution is -2.52. The molecule has 0 aromatic heterocycles. The second-order valence-corrected chi connectivity index (χ2v) is 11.0. The summed E-state index contributed by atoms with van der Waals surface area (Å²) in [5.41, 5.74) is 3.41. The number of nitrogens with one attached hydrogen (secondary N) is 2. The zero-order valence-corrected chi connectivity index (χ0v) is 24.8. The van der Waals surface area contributed by atoms with Crippen LogP contribution in [0, 0.1) is 5.41 Å². The van der Waals surface area contributed by atoms with Crippen molar-refractivity contribution in [1.82, 2.24) is 10.6 Å². The van der Waals surface area contributed by atoms with Crippen LogP contribution in [0.1, 0.15) is 48.0 Å². The standard InChI is InChI=1S/C33H38N2O8/c1-33(2)20-42-32(25-13-15-26(40-3)16-14-25)43-28(33)30(38)34-18-17-27(36)29(37)35-19-21-5-7-22(8-6-21)23-9-11-24(12-10-23)31(39)41-4/h5-16,27-28,32,36H,17-20H2,1-4H3,(H,34,38)(H,35,37)/t27?,28?,32-/m1/s1. The van der Waals surface area contributed by atoms with E-state index < -0.39 is 35.8 Å². The molecule has 43 heavy (non-hydrogen) atoms. The minimum atomic E-state index is -1.29. The number of rotatable bonds is 11. The van der Waals surface area contributed by atoms with Crippen LogP contribution in [0.4, 0.5) is 0 Å². The van der Waals surface area contributed by atoms with E-state index in [-0.39, 0.29) is 25.4 Å². The zero-order chi connectivity index (χ0) is 31.0. The number of methoxy groups -OCH3 is 2.